The first kappa shape index (κ1) is 19.2. The average Bonchev–Trinajstić information content (AvgIpc) is 2.61. The van der Waals surface area contributed by atoms with E-state index in [1.807, 2.05) is 26.0 Å². The van der Waals surface area contributed by atoms with Gasteiger partial charge in [-0.2, -0.15) is 0 Å². The van der Waals surface area contributed by atoms with Gasteiger partial charge in [0.1, 0.15) is 11.6 Å². The molecule has 2 N–H and O–H groups in total. The molecule has 0 spiro atoms. The summed E-state index contributed by atoms with van der Waals surface area (Å²) in [5.41, 5.74) is 7.11. The molecule has 2 aromatic rings. The lowest BCUT2D eigenvalue weighted by Crippen LogP contribution is -2.46. The third kappa shape index (κ3) is 5.44. The summed E-state index contributed by atoms with van der Waals surface area (Å²) in [5, 5.41) is 0. The second kappa shape index (κ2) is 8.80. The molecule has 6 heteroatoms. The number of carbonyl (C=O) groups excluding carboxylic acids is 2. The van der Waals surface area contributed by atoms with Crippen LogP contribution in [0.3, 0.4) is 0 Å². The zero-order valence-corrected chi connectivity index (χ0v) is 14.9. The van der Waals surface area contributed by atoms with Gasteiger partial charge in [0.15, 0.2) is 6.10 Å². The van der Waals surface area contributed by atoms with Gasteiger partial charge in [-0.1, -0.05) is 24.3 Å². The molecular weight excluding hydrogens is 335 g/mol. The van der Waals surface area contributed by atoms with Crippen molar-refractivity contribution in [3.63, 3.8) is 0 Å². The van der Waals surface area contributed by atoms with Gasteiger partial charge in [0.25, 0.3) is 11.8 Å². The molecule has 0 fully saturated rings. The van der Waals surface area contributed by atoms with E-state index in [9.17, 15) is 14.0 Å². The van der Waals surface area contributed by atoms with Crippen LogP contribution in [0.15, 0.2) is 48.5 Å². The lowest BCUT2D eigenvalue weighted by molar-refractivity contribution is -0.131. The molecule has 2 rings (SSSR count). The molecule has 2 amide bonds. The van der Waals surface area contributed by atoms with E-state index < -0.39 is 23.7 Å². The Balaban J connectivity index is 1.85. The van der Waals surface area contributed by atoms with Crippen LogP contribution in [-0.2, 0) is 9.59 Å². The van der Waals surface area contributed by atoms with Crippen molar-refractivity contribution in [2.45, 2.75) is 26.9 Å². The Hall–Kier alpha value is -3.15. The third-order valence-electron chi connectivity index (χ3n) is 3.81. The van der Waals surface area contributed by atoms with Crippen molar-refractivity contribution < 1.29 is 18.7 Å². The monoisotopic (exact) mass is 356 g/mol. The number of carbonyl (C=O) groups is 2. The summed E-state index contributed by atoms with van der Waals surface area (Å²) in [4.78, 5) is 23.8. The Bertz CT molecular complexity index is 834. The van der Waals surface area contributed by atoms with E-state index in [2.05, 4.69) is 10.9 Å². The predicted octanol–water partition coefficient (Wildman–Crippen LogP) is 3.07. The van der Waals surface area contributed by atoms with E-state index in [0.29, 0.717) is 11.3 Å². The highest BCUT2D eigenvalue weighted by molar-refractivity contribution is 5.93. The number of hydrazine groups is 1. The van der Waals surface area contributed by atoms with E-state index in [1.165, 1.54) is 24.3 Å². The first-order valence-electron chi connectivity index (χ1n) is 8.13. The number of amides is 2. The van der Waals surface area contributed by atoms with Gasteiger partial charge in [-0.25, -0.2) is 4.39 Å². The highest BCUT2D eigenvalue weighted by Crippen LogP contribution is 2.21. The Morgan fingerprint density at radius 3 is 2.58 bits per heavy atom. The number of benzene rings is 2. The maximum Gasteiger partial charge on any atom is 0.279 e. The van der Waals surface area contributed by atoms with Crippen molar-refractivity contribution in [1.82, 2.24) is 10.9 Å². The van der Waals surface area contributed by atoms with Gasteiger partial charge >= 0.3 is 0 Å². The molecule has 26 heavy (non-hydrogen) atoms. The molecule has 0 aliphatic rings. The van der Waals surface area contributed by atoms with Gasteiger partial charge < -0.3 is 4.74 Å². The smallest absolute Gasteiger partial charge is 0.279 e. The van der Waals surface area contributed by atoms with Gasteiger partial charge in [-0.3, -0.25) is 20.4 Å². The van der Waals surface area contributed by atoms with E-state index in [0.717, 1.165) is 11.1 Å². The lowest BCUT2D eigenvalue weighted by atomic mass is 10.1. The Kier molecular flexibility index (Phi) is 6.49. The first-order valence-corrected chi connectivity index (χ1v) is 8.13. The van der Waals surface area contributed by atoms with E-state index in [1.54, 1.807) is 25.1 Å². The Morgan fingerprint density at radius 1 is 1.12 bits per heavy atom. The van der Waals surface area contributed by atoms with Gasteiger partial charge in [0, 0.05) is 6.08 Å². The van der Waals surface area contributed by atoms with Crippen molar-refractivity contribution in [3.8, 4) is 5.75 Å². The van der Waals surface area contributed by atoms with Gasteiger partial charge in [0.05, 0.1) is 0 Å². The first-order chi connectivity index (χ1) is 12.4. The number of aryl methyl sites for hydroxylation is 1. The topological polar surface area (TPSA) is 67.4 Å². The largest absolute Gasteiger partial charge is 0.481 e. The molecule has 5 nitrogen and oxygen atoms in total. The number of rotatable bonds is 5. The van der Waals surface area contributed by atoms with Crippen LogP contribution in [0.5, 0.6) is 5.75 Å². The van der Waals surface area contributed by atoms with Crippen molar-refractivity contribution >= 4 is 17.9 Å². The van der Waals surface area contributed by atoms with Crippen LogP contribution >= 0.6 is 0 Å². The lowest BCUT2D eigenvalue weighted by Gasteiger charge is -2.17. The Labute approximate surface area is 151 Å². The van der Waals surface area contributed by atoms with Crippen LogP contribution in [0.2, 0.25) is 0 Å². The summed E-state index contributed by atoms with van der Waals surface area (Å²) in [6, 6.07) is 11.4. The fourth-order valence-corrected chi connectivity index (χ4v) is 2.14. The van der Waals surface area contributed by atoms with E-state index >= 15 is 0 Å². The van der Waals surface area contributed by atoms with Crippen LogP contribution in [0.25, 0.3) is 6.08 Å². The summed E-state index contributed by atoms with van der Waals surface area (Å²) < 4.78 is 18.7. The minimum atomic E-state index is -0.789. The van der Waals surface area contributed by atoms with Crippen LogP contribution in [-0.4, -0.2) is 17.9 Å². The summed E-state index contributed by atoms with van der Waals surface area (Å²) in [6.45, 7) is 5.46. The summed E-state index contributed by atoms with van der Waals surface area (Å²) in [7, 11) is 0. The zero-order valence-electron chi connectivity index (χ0n) is 14.9. The maximum absolute atomic E-state index is 13.1. The molecule has 136 valence electrons. The third-order valence-corrected chi connectivity index (χ3v) is 3.81. The minimum Gasteiger partial charge on any atom is -0.481 e. The van der Waals surface area contributed by atoms with Crippen LogP contribution < -0.4 is 15.6 Å². The predicted molar refractivity (Wildman–Crippen MR) is 97.7 cm³/mol. The molecule has 0 saturated carbocycles. The van der Waals surface area contributed by atoms with Crippen molar-refractivity contribution in [2.75, 3.05) is 0 Å². The summed E-state index contributed by atoms with van der Waals surface area (Å²) in [5.74, 6) is -0.803. The van der Waals surface area contributed by atoms with E-state index in [4.69, 9.17) is 4.74 Å². The average molecular weight is 356 g/mol. The number of hydrogen-bond acceptors (Lipinski definition) is 3. The van der Waals surface area contributed by atoms with Crippen molar-refractivity contribution in [3.05, 3.63) is 71.0 Å². The molecule has 0 heterocycles. The van der Waals surface area contributed by atoms with Crippen LogP contribution in [0, 0.1) is 19.7 Å². The molecule has 0 aliphatic carbocycles. The summed E-state index contributed by atoms with van der Waals surface area (Å²) >= 11 is 0. The van der Waals surface area contributed by atoms with Gasteiger partial charge in [-0.05, 0) is 61.7 Å². The standard InChI is InChI=1S/C20H21FN2O3/c1-13-6-4-9-18(14(13)2)26-15(3)20(25)23-22-19(24)11-10-16-7-5-8-17(21)12-16/h4-12,15H,1-3H3,(H,22,24)(H,23,25)/b11-10+. The normalized spacial score (nSPS) is 11.8. The maximum atomic E-state index is 13.1. The Morgan fingerprint density at radius 2 is 1.85 bits per heavy atom. The van der Waals surface area contributed by atoms with Gasteiger partial charge in [-0.15, -0.1) is 0 Å². The zero-order chi connectivity index (χ0) is 19.1. The molecule has 1 unspecified atom stereocenters. The van der Waals surface area contributed by atoms with Crippen LogP contribution in [0.4, 0.5) is 4.39 Å². The van der Waals surface area contributed by atoms with E-state index in [-0.39, 0.29) is 0 Å². The summed E-state index contributed by atoms with van der Waals surface area (Å²) in [6.07, 6.45) is 1.86. The minimum absolute atomic E-state index is 0.390. The van der Waals surface area contributed by atoms with Gasteiger partial charge in [0.2, 0.25) is 0 Å². The fourth-order valence-electron chi connectivity index (χ4n) is 2.14. The number of nitrogens with one attached hydrogen (secondary N) is 2. The molecule has 0 radical (unpaired) electrons. The molecule has 0 saturated heterocycles. The number of halogens is 1. The molecule has 2 aromatic carbocycles. The molecule has 0 bridgehead atoms. The molecular formula is C20H21FN2O3. The molecule has 1 atom stereocenters. The quantitative estimate of drug-likeness (QED) is 0.639. The second-order valence-electron chi connectivity index (χ2n) is 5.82. The highest BCUT2D eigenvalue weighted by Gasteiger charge is 2.16. The number of hydrogen-bond donors (Lipinski definition) is 2. The van der Waals surface area contributed by atoms with Crippen LogP contribution in [0.1, 0.15) is 23.6 Å². The second-order valence-corrected chi connectivity index (χ2v) is 5.82. The fraction of sp³-hybridized carbons (Fsp3) is 0.200. The van der Waals surface area contributed by atoms with Crippen molar-refractivity contribution in [1.29, 1.82) is 0 Å². The SMILES string of the molecule is Cc1cccc(OC(C)C(=O)NNC(=O)/C=C/c2cccc(F)c2)c1C. The highest BCUT2D eigenvalue weighted by atomic mass is 19.1. The number of ether oxygens (including phenoxy) is 1. The molecule has 0 aromatic heterocycles. The molecule has 0 aliphatic heterocycles. The van der Waals surface area contributed by atoms with Crippen molar-refractivity contribution in [2.24, 2.45) is 0 Å².